The Balaban J connectivity index is 1.07. The summed E-state index contributed by atoms with van der Waals surface area (Å²) >= 11 is 0. The third-order valence-electron chi connectivity index (χ3n) is 12.1. The lowest BCUT2D eigenvalue weighted by atomic mass is 10.1. The summed E-state index contributed by atoms with van der Waals surface area (Å²) in [5.41, 5.74) is 7.54. The van der Waals surface area contributed by atoms with Gasteiger partial charge in [-0.05, 0) is 96.4 Å². The number of hydrogen-bond donors (Lipinski definition) is 2. The highest BCUT2D eigenvalue weighted by Gasteiger charge is 2.23. The fraction of sp³-hybridized carbons (Fsp3) is 0.333. The first-order valence-corrected chi connectivity index (χ1v) is 26.3. The number of ether oxygens (including phenoxy) is 2. The van der Waals surface area contributed by atoms with E-state index in [9.17, 15) is 16.8 Å². The predicted octanol–water partition coefficient (Wildman–Crippen LogP) is 9.00. The largest absolute Gasteiger partial charge is 0.487 e. The van der Waals surface area contributed by atoms with Crippen LogP contribution in [-0.4, -0.2) is 81.0 Å². The highest BCUT2D eigenvalue weighted by atomic mass is 32.2. The molecule has 14 heteroatoms. The summed E-state index contributed by atoms with van der Waals surface area (Å²) in [6.07, 6.45) is 5.78. The molecule has 0 saturated heterocycles. The second-order valence-corrected chi connectivity index (χ2v) is 20.8. The van der Waals surface area contributed by atoms with E-state index in [2.05, 4.69) is 67.8 Å². The summed E-state index contributed by atoms with van der Waals surface area (Å²) < 4.78 is 71.6. The SMILES string of the molecule is CNS(=O)(=O)N(C)c1cc(CCN(CCCCCCN(CCc2ccc(OCc3ccccc3)c(N(C)S(=O)(=O)NC)c2)Cc2ccccc2)Cc2ccccc2)ccc1OCc1ccccc1. The first kappa shape index (κ1) is 51.6. The van der Waals surface area contributed by atoms with Crippen LogP contribution in [0.4, 0.5) is 11.4 Å². The Morgan fingerprint density at radius 3 is 1.09 bits per heavy atom. The zero-order valence-corrected chi connectivity index (χ0v) is 41.6. The van der Waals surface area contributed by atoms with E-state index in [4.69, 9.17) is 9.47 Å². The maximum atomic E-state index is 13.0. The Morgan fingerprint density at radius 2 is 0.750 bits per heavy atom. The Labute approximate surface area is 405 Å². The standard InChI is InChI=1S/C54H68N6O6S2/c1-55-67(61,62)57(3)51-39-45(29-31-53(51)65-43-49-25-15-9-16-26-49)33-37-59(41-47-21-11-7-12-22-47)35-19-5-6-20-36-60(42-48-23-13-8-14-24-48)38-34-46-30-32-54(66-44-50-27-17-10-18-28-50)52(40-46)58(4)68(63,64)56-2/h7-18,21-32,39-40,55-56H,5-6,19-20,33-38,41-44H2,1-4H3. The van der Waals surface area contributed by atoms with Gasteiger partial charge in [-0.3, -0.25) is 18.4 Å². The van der Waals surface area contributed by atoms with Gasteiger partial charge in [0.15, 0.2) is 0 Å². The zero-order chi connectivity index (χ0) is 48.2. The van der Waals surface area contributed by atoms with Crippen molar-refractivity contribution in [3.8, 4) is 11.5 Å². The molecule has 0 heterocycles. The molecule has 0 atom stereocenters. The van der Waals surface area contributed by atoms with Crippen molar-refractivity contribution in [3.05, 3.63) is 191 Å². The van der Waals surface area contributed by atoms with Crippen molar-refractivity contribution in [2.24, 2.45) is 0 Å². The molecule has 0 unspecified atom stereocenters. The van der Waals surface area contributed by atoms with Gasteiger partial charge in [0.25, 0.3) is 0 Å². The van der Waals surface area contributed by atoms with E-state index in [1.807, 2.05) is 109 Å². The van der Waals surface area contributed by atoms with Crippen LogP contribution in [0.15, 0.2) is 158 Å². The van der Waals surface area contributed by atoms with Crippen LogP contribution in [-0.2, 0) is 59.6 Å². The normalized spacial score (nSPS) is 11.8. The van der Waals surface area contributed by atoms with Crippen LogP contribution in [0.1, 0.15) is 59.1 Å². The van der Waals surface area contributed by atoms with E-state index in [1.54, 1.807) is 14.1 Å². The van der Waals surface area contributed by atoms with Crippen molar-refractivity contribution >= 4 is 31.8 Å². The summed E-state index contributed by atoms with van der Waals surface area (Å²) in [5.74, 6) is 1.00. The van der Waals surface area contributed by atoms with Gasteiger partial charge in [0.2, 0.25) is 0 Å². The molecule has 6 rings (SSSR count). The lowest BCUT2D eigenvalue weighted by Gasteiger charge is -2.25. The number of rotatable bonds is 29. The minimum absolute atomic E-state index is 0.323. The molecular formula is C54H68N6O6S2. The number of nitrogens with zero attached hydrogens (tertiary/aromatic N) is 4. The van der Waals surface area contributed by atoms with Gasteiger partial charge in [0.05, 0.1) is 11.4 Å². The molecule has 68 heavy (non-hydrogen) atoms. The Hall–Kier alpha value is -5.74. The third kappa shape index (κ3) is 15.9. The van der Waals surface area contributed by atoms with Crippen molar-refractivity contribution in [1.29, 1.82) is 0 Å². The monoisotopic (exact) mass is 960 g/mol. The molecule has 0 amide bonds. The molecule has 0 radical (unpaired) electrons. The minimum Gasteiger partial charge on any atom is -0.487 e. The second kappa shape index (κ2) is 26.1. The molecule has 12 nitrogen and oxygen atoms in total. The maximum absolute atomic E-state index is 13.0. The molecule has 0 spiro atoms. The van der Waals surface area contributed by atoms with Gasteiger partial charge >= 0.3 is 20.4 Å². The molecule has 0 aliphatic rings. The highest BCUT2D eigenvalue weighted by Crippen LogP contribution is 2.33. The van der Waals surface area contributed by atoms with Gasteiger partial charge in [-0.2, -0.15) is 16.8 Å². The number of benzene rings is 6. The fourth-order valence-corrected chi connectivity index (χ4v) is 9.35. The van der Waals surface area contributed by atoms with E-state index < -0.39 is 20.4 Å². The van der Waals surface area contributed by atoms with Gasteiger partial charge in [-0.25, -0.2) is 9.44 Å². The molecule has 362 valence electrons. The number of anilines is 2. The van der Waals surface area contributed by atoms with Crippen molar-refractivity contribution in [3.63, 3.8) is 0 Å². The van der Waals surface area contributed by atoms with E-state index in [1.165, 1.54) is 33.8 Å². The Kier molecular flexibility index (Phi) is 19.8. The predicted molar refractivity (Wildman–Crippen MR) is 277 cm³/mol. The van der Waals surface area contributed by atoms with Gasteiger partial charge in [0, 0.05) is 54.4 Å². The molecule has 0 bridgehead atoms. The third-order valence-corrected chi connectivity index (χ3v) is 14.9. The van der Waals surface area contributed by atoms with E-state index >= 15 is 0 Å². The van der Waals surface area contributed by atoms with Crippen LogP contribution in [0.3, 0.4) is 0 Å². The van der Waals surface area contributed by atoms with E-state index in [0.29, 0.717) is 36.1 Å². The molecule has 0 saturated carbocycles. The fourth-order valence-electron chi connectivity index (χ4n) is 8.00. The lowest BCUT2D eigenvalue weighted by Crippen LogP contribution is -2.36. The topological polar surface area (TPSA) is 124 Å². The zero-order valence-electron chi connectivity index (χ0n) is 40.0. The molecule has 2 N–H and O–H groups in total. The van der Waals surface area contributed by atoms with Crippen molar-refractivity contribution in [2.75, 3.05) is 63.0 Å². The van der Waals surface area contributed by atoms with Crippen LogP contribution in [0, 0.1) is 0 Å². The average Bonchev–Trinajstić information content (AvgIpc) is 3.37. The van der Waals surface area contributed by atoms with Gasteiger partial charge < -0.3 is 9.47 Å². The van der Waals surface area contributed by atoms with Crippen LogP contribution >= 0.6 is 0 Å². The lowest BCUT2D eigenvalue weighted by molar-refractivity contribution is 0.250. The highest BCUT2D eigenvalue weighted by molar-refractivity contribution is 7.91. The molecule has 0 aromatic heterocycles. The first-order valence-electron chi connectivity index (χ1n) is 23.4. The smallest absolute Gasteiger partial charge is 0.301 e. The minimum atomic E-state index is -3.76. The van der Waals surface area contributed by atoms with Crippen LogP contribution < -0.4 is 27.5 Å². The molecule has 0 aliphatic carbocycles. The maximum Gasteiger partial charge on any atom is 0.301 e. The van der Waals surface area contributed by atoms with Gasteiger partial charge in [-0.1, -0.05) is 146 Å². The summed E-state index contributed by atoms with van der Waals surface area (Å²) in [6.45, 7) is 5.79. The molecular weight excluding hydrogens is 893 g/mol. The first-order chi connectivity index (χ1) is 32.9. The average molecular weight is 961 g/mol. The second-order valence-electron chi connectivity index (χ2n) is 16.9. The number of unbranched alkanes of at least 4 members (excludes halogenated alkanes) is 3. The summed E-state index contributed by atoms with van der Waals surface area (Å²) in [5, 5.41) is 0. The van der Waals surface area contributed by atoms with Gasteiger partial charge in [0.1, 0.15) is 24.7 Å². The molecule has 0 aliphatic heterocycles. The van der Waals surface area contributed by atoms with Crippen molar-refractivity contribution in [1.82, 2.24) is 19.2 Å². The van der Waals surface area contributed by atoms with Crippen LogP contribution in [0.5, 0.6) is 11.5 Å². The molecule has 6 aromatic carbocycles. The van der Waals surface area contributed by atoms with Crippen molar-refractivity contribution < 1.29 is 26.3 Å². The molecule has 6 aromatic rings. The summed E-state index contributed by atoms with van der Waals surface area (Å²) in [4.78, 5) is 4.99. The quantitative estimate of drug-likeness (QED) is 0.0447. The van der Waals surface area contributed by atoms with Gasteiger partial charge in [-0.15, -0.1) is 0 Å². The Morgan fingerprint density at radius 1 is 0.412 bits per heavy atom. The summed E-state index contributed by atoms with van der Waals surface area (Å²) in [7, 11) is -1.61. The van der Waals surface area contributed by atoms with E-state index in [0.717, 1.165) is 100 Å². The van der Waals surface area contributed by atoms with Crippen LogP contribution in [0.2, 0.25) is 0 Å². The van der Waals surface area contributed by atoms with Crippen LogP contribution in [0.25, 0.3) is 0 Å². The summed E-state index contributed by atoms with van der Waals surface area (Å²) in [6, 6.07) is 52.4. The number of nitrogens with one attached hydrogen (secondary N) is 2. The number of hydrogen-bond acceptors (Lipinski definition) is 8. The van der Waals surface area contributed by atoms with E-state index in [-0.39, 0.29) is 0 Å². The Bertz CT molecular complexity index is 2460. The molecule has 0 fully saturated rings. The van der Waals surface area contributed by atoms with Crippen molar-refractivity contribution in [2.45, 2.75) is 64.8 Å².